The molecule has 0 radical (unpaired) electrons. The van der Waals surface area contributed by atoms with Gasteiger partial charge >= 0.3 is 0 Å². The van der Waals surface area contributed by atoms with Gasteiger partial charge < -0.3 is 15.8 Å². The molecule has 0 fully saturated rings. The van der Waals surface area contributed by atoms with Crippen LogP contribution < -0.4 is 15.8 Å². The number of unbranched alkanes of at least 4 members (excludes halogenated alkanes) is 15. The van der Waals surface area contributed by atoms with Crippen molar-refractivity contribution in [2.24, 2.45) is 5.73 Å². The summed E-state index contributed by atoms with van der Waals surface area (Å²) in [5.41, 5.74) is 6.28. The van der Waals surface area contributed by atoms with E-state index in [1.807, 2.05) is 24.3 Å². The van der Waals surface area contributed by atoms with Crippen LogP contribution >= 0.6 is 0 Å². The van der Waals surface area contributed by atoms with E-state index in [1.165, 1.54) is 83.5 Å². The minimum atomic E-state index is 0.0505. The van der Waals surface area contributed by atoms with Crippen LogP contribution in [0.4, 0.5) is 5.69 Å². The first kappa shape index (κ1) is 28.5. The van der Waals surface area contributed by atoms with Gasteiger partial charge in [-0.3, -0.25) is 4.79 Å². The molecule has 4 heteroatoms. The highest BCUT2D eigenvalue weighted by molar-refractivity contribution is 5.92. The maximum atomic E-state index is 12.1. The lowest BCUT2D eigenvalue weighted by Gasteiger charge is -2.12. The van der Waals surface area contributed by atoms with Gasteiger partial charge in [-0.15, -0.1) is 0 Å². The van der Waals surface area contributed by atoms with Crippen LogP contribution in [0.15, 0.2) is 24.3 Å². The van der Waals surface area contributed by atoms with Crippen molar-refractivity contribution >= 4 is 11.6 Å². The lowest BCUT2D eigenvalue weighted by molar-refractivity contribution is -0.116. The van der Waals surface area contributed by atoms with Crippen LogP contribution in [-0.2, 0) is 4.79 Å². The van der Waals surface area contributed by atoms with Gasteiger partial charge in [0.2, 0.25) is 5.91 Å². The van der Waals surface area contributed by atoms with Gasteiger partial charge in [-0.2, -0.15) is 0 Å². The molecule has 4 nitrogen and oxygen atoms in total. The Balaban J connectivity index is 2.01. The molecule has 0 saturated carbocycles. The smallest absolute Gasteiger partial charge is 0.224 e. The predicted molar refractivity (Wildman–Crippen MR) is 138 cm³/mol. The highest BCUT2D eigenvalue weighted by atomic mass is 16.5. The first-order chi connectivity index (χ1) is 15.8. The van der Waals surface area contributed by atoms with Gasteiger partial charge in [-0.25, -0.2) is 0 Å². The van der Waals surface area contributed by atoms with Gasteiger partial charge in [-0.1, -0.05) is 109 Å². The van der Waals surface area contributed by atoms with Crippen LogP contribution in [0.2, 0.25) is 0 Å². The molecule has 0 bridgehead atoms. The number of anilines is 1. The summed E-state index contributed by atoms with van der Waals surface area (Å²) < 4.78 is 5.96. The van der Waals surface area contributed by atoms with E-state index in [9.17, 15) is 4.79 Å². The number of nitrogens with one attached hydrogen (secondary N) is 1. The summed E-state index contributed by atoms with van der Waals surface area (Å²) in [6.07, 6.45) is 22.4. The van der Waals surface area contributed by atoms with Crippen molar-refractivity contribution in [3.63, 3.8) is 0 Å². The highest BCUT2D eigenvalue weighted by Crippen LogP contribution is 2.24. The third-order valence-corrected chi connectivity index (χ3v) is 6.02. The number of carbonyl (C=O) groups is 1. The second kappa shape index (κ2) is 21.3. The molecule has 1 aromatic carbocycles. The fourth-order valence-electron chi connectivity index (χ4n) is 3.99. The Morgan fingerprint density at radius 3 is 1.88 bits per heavy atom. The minimum Gasteiger partial charge on any atom is -0.491 e. The Morgan fingerprint density at radius 1 is 0.750 bits per heavy atom. The Kier molecular flexibility index (Phi) is 19.0. The zero-order valence-corrected chi connectivity index (χ0v) is 20.8. The third-order valence-electron chi connectivity index (χ3n) is 6.02. The number of rotatable bonds is 22. The van der Waals surface area contributed by atoms with Crippen molar-refractivity contribution in [3.8, 4) is 5.75 Å². The fraction of sp³-hybridized carbons (Fsp3) is 0.750. The average molecular weight is 447 g/mol. The molecular weight excluding hydrogens is 396 g/mol. The molecule has 0 aliphatic heterocycles. The van der Waals surface area contributed by atoms with Crippen LogP contribution in [0.25, 0.3) is 0 Å². The molecule has 0 unspecified atom stereocenters. The molecule has 32 heavy (non-hydrogen) atoms. The van der Waals surface area contributed by atoms with E-state index in [0.717, 1.165) is 37.1 Å². The number of hydrogen-bond donors (Lipinski definition) is 2. The van der Waals surface area contributed by atoms with Crippen molar-refractivity contribution in [1.29, 1.82) is 0 Å². The largest absolute Gasteiger partial charge is 0.491 e. The molecular formula is C28H50N2O2. The number of benzene rings is 1. The van der Waals surface area contributed by atoms with Gasteiger partial charge in [0, 0.05) is 6.42 Å². The van der Waals surface area contributed by atoms with Gasteiger partial charge in [0.1, 0.15) is 5.75 Å². The van der Waals surface area contributed by atoms with Crippen LogP contribution in [0.5, 0.6) is 5.75 Å². The summed E-state index contributed by atoms with van der Waals surface area (Å²) in [4.78, 5) is 12.1. The molecule has 0 saturated heterocycles. The summed E-state index contributed by atoms with van der Waals surface area (Å²) in [6.45, 7) is 3.68. The van der Waals surface area contributed by atoms with E-state index in [4.69, 9.17) is 10.5 Å². The van der Waals surface area contributed by atoms with Crippen LogP contribution in [0.3, 0.4) is 0 Å². The third kappa shape index (κ3) is 16.1. The zero-order chi connectivity index (χ0) is 23.1. The zero-order valence-electron chi connectivity index (χ0n) is 20.8. The molecule has 1 rings (SSSR count). The van der Waals surface area contributed by atoms with E-state index in [-0.39, 0.29) is 5.91 Å². The summed E-state index contributed by atoms with van der Waals surface area (Å²) in [5.74, 6) is 0.826. The lowest BCUT2D eigenvalue weighted by Crippen LogP contribution is -2.12. The Bertz CT molecular complexity index is 562. The molecule has 0 aliphatic carbocycles. The molecule has 3 N–H and O–H groups in total. The van der Waals surface area contributed by atoms with Crippen molar-refractivity contribution < 1.29 is 9.53 Å². The van der Waals surface area contributed by atoms with Crippen molar-refractivity contribution in [2.75, 3.05) is 18.5 Å². The van der Waals surface area contributed by atoms with E-state index in [2.05, 4.69) is 12.2 Å². The summed E-state index contributed by atoms with van der Waals surface area (Å²) in [5, 5.41) is 2.99. The van der Waals surface area contributed by atoms with Crippen LogP contribution in [0.1, 0.15) is 122 Å². The van der Waals surface area contributed by atoms with Crippen molar-refractivity contribution in [2.45, 2.75) is 122 Å². The number of nitrogens with two attached hydrogens (primary N) is 1. The number of ether oxygens (including phenoxy) is 1. The predicted octanol–water partition coefficient (Wildman–Crippen LogP) is 8.00. The van der Waals surface area contributed by atoms with Gasteiger partial charge in [0.15, 0.2) is 0 Å². The van der Waals surface area contributed by atoms with Crippen LogP contribution in [-0.4, -0.2) is 19.1 Å². The average Bonchev–Trinajstić information content (AvgIpc) is 2.80. The maximum absolute atomic E-state index is 12.1. The normalized spacial score (nSPS) is 10.9. The second-order valence-corrected chi connectivity index (χ2v) is 9.09. The first-order valence-corrected chi connectivity index (χ1v) is 13.5. The maximum Gasteiger partial charge on any atom is 0.224 e. The van der Waals surface area contributed by atoms with E-state index >= 15 is 0 Å². The summed E-state index contributed by atoms with van der Waals surface area (Å²) in [6, 6.07) is 7.74. The molecule has 1 amide bonds. The van der Waals surface area contributed by atoms with Gasteiger partial charge in [0.05, 0.1) is 12.3 Å². The summed E-state index contributed by atoms with van der Waals surface area (Å²) >= 11 is 0. The quantitative estimate of drug-likeness (QED) is 0.177. The van der Waals surface area contributed by atoms with E-state index in [0.29, 0.717) is 19.6 Å². The van der Waals surface area contributed by atoms with E-state index < -0.39 is 0 Å². The van der Waals surface area contributed by atoms with E-state index in [1.54, 1.807) is 0 Å². The molecule has 184 valence electrons. The first-order valence-electron chi connectivity index (χ1n) is 13.5. The SMILES string of the molecule is CCCCCCCCCCCCCCCCOc1ccccc1NC(=O)CCCCCN. The van der Waals surface area contributed by atoms with Crippen molar-refractivity contribution in [3.05, 3.63) is 24.3 Å². The highest BCUT2D eigenvalue weighted by Gasteiger charge is 2.07. The van der Waals surface area contributed by atoms with Crippen LogP contribution in [0, 0.1) is 0 Å². The number of amides is 1. The molecule has 1 aromatic rings. The lowest BCUT2D eigenvalue weighted by atomic mass is 10.0. The number of carbonyl (C=O) groups excluding carboxylic acids is 1. The number of para-hydroxylation sites is 2. The second-order valence-electron chi connectivity index (χ2n) is 9.09. The topological polar surface area (TPSA) is 64.3 Å². The monoisotopic (exact) mass is 446 g/mol. The Hall–Kier alpha value is -1.55. The Labute approximate surface area is 198 Å². The molecule has 0 aliphatic rings. The van der Waals surface area contributed by atoms with Crippen molar-refractivity contribution in [1.82, 2.24) is 0 Å². The summed E-state index contributed by atoms with van der Waals surface area (Å²) in [7, 11) is 0. The fourth-order valence-corrected chi connectivity index (χ4v) is 3.99. The minimum absolute atomic E-state index is 0.0505. The standard InChI is InChI=1S/C28H50N2O2/c1-2-3-4-5-6-7-8-9-10-11-12-13-14-20-25-32-27-22-18-17-21-26(27)30-28(31)23-16-15-19-24-29/h17-18,21-22H,2-16,19-20,23-25,29H2,1H3,(H,30,31). The van der Waals surface area contributed by atoms with Gasteiger partial charge in [-0.05, 0) is 37.9 Å². The Morgan fingerprint density at radius 2 is 1.28 bits per heavy atom. The molecule has 0 aromatic heterocycles. The molecule has 0 heterocycles. The number of hydrogen-bond acceptors (Lipinski definition) is 3. The van der Waals surface area contributed by atoms with Gasteiger partial charge in [0.25, 0.3) is 0 Å². The molecule has 0 spiro atoms. The molecule has 0 atom stereocenters.